The average molecular weight is 344 g/mol. The summed E-state index contributed by atoms with van der Waals surface area (Å²) in [7, 11) is 0. The van der Waals surface area contributed by atoms with Crippen LogP contribution >= 0.6 is 0 Å². The molecule has 1 unspecified atom stereocenters. The highest BCUT2D eigenvalue weighted by atomic mass is 16.5. The van der Waals surface area contributed by atoms with Crippen molar-refractivity contribution in [1.82, 2.24) is 5.32 Å². The van der Waals surface area contributed by atoms with Gasteiger partial charge in [0.2, 0.25) is 11.8 Å². The molecule has 136 valence electrons. The van der Waals surface area contributed by atoms with Crippen LogP contribution in [-0.2, 0) is 14.3 Å². The molecule has 5 heteroatoms. The quantitative estimate of drug-likeness (QED) is 0.917. The first kappa shape index (κ1) is 17.9. The molecule has 2 heterocycles. The highest BCUT2D eigenvalue weighted by molar-refractivity contribution is 6.01. The summed E-state index contributed by atoms with van der Waals surface area (Å²) in [5.41, 5.74) is 4.10. The minimum atomic E-state index is -0.285. The van der Waals surface area contributed by atoms with Crippen LogP contribution in [0.5, 0.6) is 0 Å². The van der Waals surface area contributed by atoms with E-state index in [2.05, 4.69) is 31.3 Å². The molecular weight excluding hydrogens is 316 g/mol. The molecule has 1 atom stereocenters. The van der Waals surface area contributed by atoms with Crippen LogP contribution < -0.4 is 10.2 Å². The van der Waals surface area contributed by atoms with Crippen molar-refractivity contribution < 1.29 is 14.3 Å². The minimum absolute atomic E-state index is 0.0114. The standard InChI is InChI=1S/C20H28N2O3/c1-13-9-14(2)18(15(3)10-13)22-12-16(11-17(22)23)19(24)21-20(4)5-7-25-8-6-20/h9-10,16H,5-8,11-12H2,1-4H3,(H,21,24). The highest BCUT2D eigenvalue weighted by Gasteiger charge is 2.39. The Kier molecular flexibility index (Phi) is 4.87. The fourth-order valence-corrected chi connectivity index (χ4v) is 4.04. The van der Waals surface area contributed by atoms with Gasteiger partial charge in [0.25, 0.3) is 0 Å². The molecule has 2 saturated heterocycles. The number of anilines is 1. The lowest BCUT2D eigenvalue weighted by molar-refractivity contribution is -0.128. The van der Waals surface area contributed by atoms with E-state index in [1.165, 1.54) is 5.56 Å². The number of carbonyl (C=O) groups is 2. The summed E-state index contributed by atoms with van der Waals surface area (Å²) < 4.78 is 5.39. The zero-order valence-corrected chi connectivity index (χ0v) is 15.6. The molecule has 25 heavy (non-hydrogen) atoms. The van der Waals surface area contributed by atoms with Crippen LogP contribution in [0.15, 0.2) is 12.1 Å². The first-order valence-electron chi connectivity index (χ1n) is 9.07. The second-order valence-corrected chi connectivity index (χ2v) is 7.81. The molecule has 1 N–H and O–H groups in total. The van der Waals surface area contributed by atoms with Gasteiger partial charge in [-0.15, -0.1) is 0 Å². The van der Waals surface area contributed by atoms with Gasteiger partial charge in [0.15, 0.2) is 0 Å². The van der Waals surface area contributed by atoms with E-state index in [1.807, 2.05) is 13.8 Å². The van der Waals surface area contributed by atoms with E-state index in [-0.39, 0.29) is 29.7 Å². The van der Waals surface area contributed by atoms with Gasteiger partial charge in [-0.3, -0.25) is 9.59 Å². The molecule has 2 aliphatic rings. The molecule has 0 aromatic heterocycles. The molecule has 2 fully saturated rings. The molecule has 0 radical (unpaired) electrons. The van der Waals surface area contributed by atoms with Crippen molar-refractivity contribution >= 4 is 17.5 Å². The molecule has 1 aromatic carbocycles. The Morgan fingerprint density at radius 1 is 1.20 bits per heavy atom. The van der Waals surface area contributed by atoms with Gasteiger partial charge in [0, 0.05) is 37.4 Å². The molecule has 0 spiro atoms. The Labute approximate surface area is 149 Å². The van der Waals surface area contributed by atoms with E-state index in [0.29, 0.717) is 19.8 Å². The SMILES string of the molecule is Cc1cc(C)c(N2CC(C(=O)NC3(C)CCOCC3)CC2=O)c(C)c1. The van der Waals surface area contributed by atoms with Crippen LogP contribution in [0, 0.1) is 26.7 Å². The lowest BCUT2D eigenvalue weighted by Gasteiger charge is -2.35. The van der Waals surface area contributed by atoms with Crippen molar-refractivity contribution in [3.05, 3.63) is 28.8 Å². The van der Waals surface area contributed by atoms with E-state index in [1.54, 1.807) is 4.90 Å². The first-order valence-corrected chi connectivity index (χ1v) is 9.07. The number of nitrogens with zero attached hydrogens (tertiary/aromatic N) is 1. The zero-order valence-electron chi connectivity index (χ0n) is 15.6. The summed E-state index contributed by atoms with van der Waals surface area (Å²) >= 11 is 0. The molecule has 1 aromatic rings. The van der Waals surface area contributed by atoms with Crippen molar-refractivity contribution in [2.45, 2.75) is 52.5 Å². The predicted octanol–water partition coefficient (Wildman–Crippen LogP) is 2.65. The van der Waals surface area contributed by atoms with Crippen molar-refractivity contribution in [2.75, 3.05) is 24.7 Å². The number of rotatable bonds is 3. The monoisotopic (exact) mass is 344 g/mol. The van der Waals surface area contributed by atoms with Gasteiger partial charge in [-0.25, -0.2) is 0 Å². The van der Waals surface area contributed by atoms with E-state index >= 15 is 0 Å². The Hall–Kier alpha value is -1.88. The van der Waals surface area contributed by atoms with Gasteiger partial charge in [-0.05, 0) is 51.7 Å². The van der Waals surface area contributed by atoms with E-state index < -0.39 is 0 Å². The molecule has 0 bridgehead atoms. The van der Waals surface area contributed by atoms with Crippen LogP contribution in [0.2, 0.25) is 0 Å². The van der Waals surface area contributed by atoms with Crippen LogP contribution in [-0.4, -0.2) is 37.1 Å². The number of amides is 2. The lowest BCUT2D eigenvalue weighted by Crippen LogP contribution is -2.51. The average Bonchev–Trinajstić information content (AvgIpc) is 2.88. The predicted molar refractivity (Wildman–Crippen MR) is 97.7 cm³/mol. The van der Waals surface area contributed by atoms with Gasteiger partial charge >= 0.3 is 0 Å². The molecule has 5 nitrogen and oxygen atoms in total. The summed E-state index contributed by atoms with van der Waals surface area (Å²) in [6.07, 6.45) is 1.92. The molecule has 3 rings (SSSR count). The van der Waals surface area contributed by atoms with E-state index in [0.717, 1.165) is 29.7 Å². The van der Waals surface area contributed by atoms with Gasteiger partial charge in [-0.2, -0.15) is 0 Å². The fourth-order valence-electron chi connectivity index (χ4n) is 4.04. The number of aryl methyl sites for hydroxylation is 3. The maximum Gasteiger partial charge on any atom is 0.227 e. The van der Waals surface area contributed by atoms with Crippen molar-refractivity contribution in [2.24, 2.45) is 5.92 Å². The van der Waals surface area contributed by atoms with E-state index in [9.17, 15) is 9.59 Å². The third-order valence-corrected chi connectivity index (χ3v) is 5.42. The van der Waals surface area contributed by atoms with Crippen LogP contribution in [0.3, 0.4) is 0 Å². The third-order valence-electron chi connectivity index (χ3n) is 5.42. The van der Waals surface area contributed by atoms with Gasteiger partial charge in [0.1, 0.15) is 0 Å². The van der Waals surface area contributed by atoms with E-state index in [4.69, 9.17) is 4.74 Å². The fraction of sp³-hybridized carbons (Fsp3) is 0.600. The second-order valence-electron chi connectivity index (χ2n) is 7.81. The van der Waals surface area contributed by atoms with Crippen LogP contribution in [0.1, 0.15) is 42.9 Å². The summed E-state index contributed by atoms with van der Waals surface area (Å²) in [6.45, 7) is 9.99. The summed E-state index contributed by atoms with van der Waals surface area (Å²) in [5, 5.41) is 3.17. The Morgan fingerprint density at radius 3 is 2.40 bits per heavy atom. The second kappa shape index (κ2) is 6.79. The third kappa shape index (κ3) is 3.71. The first-order chi connectivity index (χ1) is 11.8. The summed E-state index contributed by atoms with van der Waals surface area (Å²) in [6, 6.07) is 4.18. The maximum absolute atomic E-state index is 12.7. The van der Waals surface area contributed by atoms with Gasteiger partial charge in [-0.1, -0.05) is 17.7 Å². The Morgan fingerprint density at radius 2 is 1.80 bits per heavy atom. The summed E-state index contributed by atoms with van der Waals surface area (Å²) in [5.74, 6) is -0.262. The van der Waals surface area contributed by atoms with Crippen LogP contribution in [0.25, 0.3) is 0 Å². The maximum atomic E-state index is 12.7. The Balaban J connectivity index is 1.73. The Bertz CT molecular complexity index is 669. The number of hydrogen-bond acceptors (Lipinski definition) is 3. The van der Waals surface area contributed by atoms with Crippen molar-refractivity contribution in [3.63, 3.8) is 0 Å². The smallest absolute Gasteiger partial charge is 0.227 e. The zero-order chi connectivity index (χ0) is 18.2. The van der Waals surface area contributed by atoms with Crippen molar-refractivity contribution in [3.8, 4) is 0 Å². The van der Waals surface area contributed by atoms with Gasteiger partial charge < -0.3 is 15.0 Å². The highest BCUT2D eigenvalue weighted by Crippen LogP contribution is 2.32. The number of hydrogen-bond donors (Lipinski definition) is 1. The summed E-state index contributed by atoms with van der Waals surface area (Å²) in [4.78, 5) is 27.1. The normalized spacial score (nSPS) is 23.0. The number of nitrogens with one attached hydrogen (secondary N) is 1. The largest absolute Gasteiger partial charge is 0.381 e. The molecular formula is C20H28N2O3. The lowest BCUT2D eigenvalue weighted by atomic mass is 9.91. The van der Waals surface area contributed by atoms with Crippen molar-refractivity contribution in [1.29, 1.82) is 0 Å². The van der Waals surface area contributed by atoms with Gasteiger partial charge in [0.05, 0.1) is 5.92 Å². The van der Waals surface area contributed by atoms with Crippen LogP contribution in [0.4, 0.5) is 5.69 Å². The molecule has 2 amide bonds. The number of carbonyl (C=O) groups excluding carboxylic acids is 2. The number of benzene rings is 1. The molecule has 2 aliphatic heterocycles. The topological polar surface area (TPSA) is 58.6 Å². The minimum Gasteiger partial charge on any atom is -0.381 e. The number of ether oxygens (including phenoxy) is 1. The molecule has 0 saturated carbocycles. The molecule has 0 aliphatic carbocycles.